The number of aromatic amines is 1. The summed E-state index contributed by atoms with van der Waals surface area (Å²) >= 11 is 1.44. The first-order valence-corrected chi connectivity index (χ1v) is 9.82. The molecule has 0 radical (unpaired) electrons. The average molecular weight is 383 g/mol. The number of thiazole rings is 1. The maximum absolute atomic E-state index is 12.7. The van der Waals surface area contributed by atoms with Crippen LogP contribution in [0.3, 0.4) is 0 Å². The highest BCUT2D eigenvalue weighted by molar-refractivity contribution is 7.13. The van der Waals surface area contributed by atoms with Gasteiger partial charge in [-0.25, -0.2) is 9.97 Å². The van der Waals surface area contributed by atoms with Crippen LogP contribution in [0.5, 0.6) is 0 Å². The summed E-state index contributed by atoms with van der Waals surface area (Å²) in [6.45, 7) is 3.24. The Morgan fingerprint density at radius 3 is 2.89 bits per heavy atom. The Morgan fingerprint density at radius 2 is 2.07 bits per heavy atom. The summed E-state index contributed by atoms with van der Waals surface area (Å²) < 4.78 is 0. The van der Waals surface area contributed by atoms with Crippen molar-refractivity contribution in [2.45, 2.75) is 25.9 Å². The average Bonchev–Trinajstić information content (AvgIpc) is 3.33. The third-order valence-electron chi connectivity index (χ3n) is 4.72. The van der Waals surface area contributed by atoms with Crippen molar-refractivity contribution in [1.82, 2.24) is 24.8 Å². The molecule has 3 aromatic rings. The molecule has 1 saturated heterocycles. The number of H-pyrrole nitrogens is 1. The van der Waals surface area contributed by atoms with Crippen molar-refractivity contribution in [3.63, 3.8) is 0 Å². The summed E-state index contributed by atoms with van der Waals surface area (Å²) in [6.07, 6.45) is 4.11. The number of fused-ring (bicyclic) bond motifs is 1. The van der Waals surface area contributed by atoms with E-state index in [1.54, 1.807) is 36.3 Å². The lowest BCUT2D eigenvalue weighted by Gasteiger charge is -2.15. The van der Waals surface area contributed by atoms with Gasteiger partial charge in [0.1, 0.15) is 15.7 Å². The summed E-state index contributed by atoms with van der Waals surface area (Å²) in [6, 6.07) is 7.17. The molecule has 0 spiro atoms. The molecule has 1 aliphatic rings. The molecule has 3 heterocycles. The second kappa shape index (κ2) is 7.58. The number of carbonyl (C=O) groups is 1. The van der Waals surface area contributed by atoms with Gasteiger partial charge in [-0.15, -0.1) is 11.3 Å². The molecule has 1 aliphatic heterocycles. The molecule has 140 valence electrons. The molecule has 7 nitrogen and oxygen atoms in total. The molecule has 27 heavy (non-hydrogen) atoms. The number of amides is 1. The summed E-state index contributed by atoms with van der Waals surface area (Å²) in [4.78, 5) is 41.0. The predicted octanol–water partition coefficient (Wildman–Crippen LogP) is 2.25. The monoisotopic (exact) mass is 383 g/mol. The highest BCUT2D eigenvalue weighted by Gasteiger charge is 2.19. The number of carbonyl (C=O) groups excluding carboxylic acids is 1. The number of benzene rings is 1. The van der Waals surface area contributed by atoms with Gasteiger partial charge in [0.2, 0.25) is 0 Å². The lowest BCUT2D eigenvalue weighted by Crippen LogP contribution is -2.27. The molecule has 2 aromatic heterocycles. The van der Waals surface area contributed by atoms with Crippen molar-refractivity contribution in [3.05, 3.63) is 56.5 Å². The Bertz CT molecular complexity index is 1020. The first-order valence-electron chi connectivity index (χ1n) is 9.00. The van der Waals surface area contributed by atoms with Crippen LogP contribution < -0.4 is 5.56 Å². The van der Waals surface area contributed by atoms with Gasteiger partial charge in [0.05, 0.1) is 30.2 Å². The van der Waals surface area contributed by atoms with Crippen LogP contribution in [-0.2, 0) is 13.1 Å². The largest absolute Gasteiger partial charge is 0.333 e. The molecule has 1 fully saturated rings. The van der Waals surface area contributed by atoms with Gasteiger partial charge in [-0.2, -0.15) is 0 Å². The highest BCUT2D eigenvalue weighted by Crippen LogP contribution is 2.19. The van der Waals surface area contributed by atoms with Crippen LogP contribution in [0.2, 0.25) is 0 Å². The van der Waals surface area contributed by atoms with Gasteiger partial charge in [-0.1, -0.05) is 12.1 Å². The molecular weight excluding hydrogens is 362 g/mol. The molecule has 1 N–H and O–H groups in total. The topological polar surface area (TPSA) is 82.2 Å². The van der Waals surface area contributed by atoms with E-state index in [0.29, 0.717) is 21.6 Å². The van der Waals surface area contributed by atoms with E-state index >= 15 is 0 Å². The standard InChI is InChI=1S/C19H21N5O2S/c1-23(11-16-21-14-7-3-2-6-13(14)18(25)22-16)19(26)15-10-20-17(27-15)12-24-8-4-5-9-24/h2-3,6-7,10H,4-5,8-9,11-12H2,1H3,(H,21,22,25). The number of para-hydroxylation sites is 1. The van der Waals surface area contributed by atoms with Gasteiger partial charge in [-0.05, 0) is 38.1 Å². The Morgan fingerprint density at radius 1 is 1.30 bits per heavy atom. The van der Waals surface area contributed by atoms with Crippen LogP contribution in [0, 0.1) is 0 Å². The number of likely N-dealkylation sites (tertiary alicyclic amines) is 1. The molecule has 8 heteroatoms. The first kappa shape index (κ1) is 17.8. The van der Waals surface area contributed by atoms with Crippen molar-refractivity contribution in [3.8, 4) is 0 Å². The maximum Gasteiger partial charge on any atom is 0.265 e. The van der Waals surface area contributed by atoms with Gasteiger partial charge in [-0.3, -0.25) is 14.5 Å². The zero-order chi connectivity index (χ0) is 18.8. The molecule has 1 aromatic carbocycles. The molecule has 4 rings (SSSR count). The predicted molar refractivity (Wildman–Crippen MR) is 105 cm³/mol. The van der Waals surface area contributed by atoms with E-state index in [4.69, 9.17) is 0 Å². The zero-order valence-electron chi connectivity index (χ0n) is 15.1. The molecule has 0 bridgehead atoms. The molecule has 0 atom stereocenters. The van der Waals surface area contributed by atoms with Gasteiger partial charge >= 0.3 is 0 Å². The summed E-state index contributed by atoms with van der Waals surface area (Å²) in [5.74, 6) is 0.354. The minimum atomic E-state index is -0.192. The van der Waals surface area contributed by atoms with E-state index in [2.05, 4.69) is 19.9 Å². The number of aromatic nitrogens is 3. The van der Waals surface area contributed by atoms with Crippen LogP contribution >= 0.6 is 11.3 Å². The van der Waals surface area contributed by atoms with Gasteiger partial charge in [0.25, 0.3) is 11.5 Å². The molecule has 0 aliphatic carbocycles. The van der Waals surface area contributed by atoms with Crippen LogP contribution in [0.15, 0.2) is 35.3 Å². The minimum Gasteiger partial charge on any atom is -0.333 e. The fourth-order valence-electron chi connectivity index (χ4n) is 3.31. The smallest absolute Gasteiger partial charge is 0.265 e. The third kappa shape index (κ3) is 3.91. The minimum absolute atomic E-state index is 0.115. The van der Waals surface area contributed by atoms with E-state index in [1.165, 1.54) is 24.2 Å². The number of nitrogens with zero attached hydrogens (tertiary/aromatic N) is 4. The van der Waals surface area contributed by atoms with E-state index < -0.39 is 0 Å². The Labute approximate surface area is 160 Å². The highest BCUT2D eigenvalue weighted by atomic mass is 32.1. The van der Waals surface area contributed by atoms with E-state index in [1.807, 2.05) is 6.07 Å². The van der Waals surface area contributed by atoms with Gasteiger partial charge in [0.15, 0.2) is 0 Å². The van der Waals surface area contributed by atoms with Crippen LogP contribution in [0.1, 0.15) is 33.3 Å². The summed E-state index contributed by atoms with van der Waals surface area (Å²) in [5.41, 5.74) is 0.435. The number of hydrogen-bond acceptors (Lipinski definition) is 6. The lowest BCUT2D eigenvalue weighted by atomic mass is 10.2. The SMILES string of the molecule is CN(Cc1nc2ccccc2c(=O)[nH]1)C(=O)c1cnc(CN2CCCC2)s1. The maximum atomic E-state index is 12.7. The van der Waals surface area contributed by atoms with Crippen molar-refractivity contribution in [2.24, 2.45) is 0 Å². The Balaban J connectivity index is 1.46. The van der Waals surface area contributed by atoms with Crippen LogP contribution in [-0.4, -0.2) is 50.8 Å². The number of nitrogens with one attached hydrogen (secondary N) is 1. The van der Waals surface area contributed by atoms with Crippen molar-refractivity contribution >= 4 is 28.1 Å². The second-order valence-electron chi connectivity index (χ2n) is 6.79. The van der Waals surface area contributed by atoms with Crippen molar-refractivity contribution < 1.29 is 4.79 Å². The Hall–Kier alpha value is -2.58. The Kier molecular flexibility index (Phi) is 5.00. The lowest BCUT2D eigenvalue weighted by molar-refractivity contribution is 0.0786. The number of rotatable bonds is 5. The van der Waals surface area contributed by atoms with E-state index in [-0.39, 0.29) is 18.0 Å². The van der Waals surface area contributed by atoms with E-state index in [9.17, 15) is 9.59 Å². The zero-order valence-corrected chi connectivity index (χ0v) is 16.0. The van der Waals surface area contributed by atoms with Crippen molar-refractivity contribution in [1.29, 1.82) is 0 Å². The fourth-order valence-corrected chi connectivity index (χ4v) is 4.26. The van der Waals surface area contributed by atoms with E-state index in [0.717, 1.165) is 24.6 Å². The van der Waals surface area contributed by atoms with Crippen LogP contribution in [0.4, 0.5) is 0 Å². The summed E-state index contributed by atoms with van der Waals surface area (Å²) in [5, 5.41) is 1.51. The molecule has 1 amide bonds. The molecule has 0 saturated carbocycles. The van der Waals surface area contributed by atoms with Crippen LogP contribution in [0.25, 0.3) is 10.9 Å². The fraction of sp³-hybridized carbons (Fsp3) is 0.368. The number of hydrogen-bond donors (Lipinski definition) is 1. The van der Waals surface area contributed by atoms with Crippen molar-refractivity contribution in [2.75, 3.05) is 20.1 Å². The van der Waals surface area contributed by atoms with Gasteiger partial charge in [0, 0.05) is 7.05 Å². The summed E-state index contributed by atoms with van der Waals surface area (Å²) in [7, 11) is 1.71. The quantitative estimate of drug-likeness (QED) is 0.731. The normalized spacial score (nSPS) is 14.7. The molecule has 0 unspecified atom stereocenters. The second-order valence-corrected chi connectivity index (χ2v) is 7.91. The van der Waals surface area contributed by atoms with Gasteiger partial charge < -0.3 is 9.88 Å². The third-order valence-corrected chi connectivity index (χ3v) is 5.69. The molecular formula is C19H21N5O2S. The first-order chi connectivity index (χ1) is 13.1.